The van der Waals surface area contributed by atoms with E-state index in [1.54, 1.807) is 0 Å². The first-order valence-corrected chi connectivity index (χ1v) is 5.62. The highest BCUT2D eigenvalue weighted by Crippen LogP contribution is 2.28. The second-order valence-corrected chi connectivity index (χ2v) is 4.96. The number of hydrogen-bond acceptors (Lipinski definition) is 3. The largest absolute Gasteiger partial charge is 0.481 e. The molecule has 5 heteroatoms. The number of carboxylic acid groups (broad SMARTS) is 1. The molecule has 1 aromatic rings. The van der Waals surface area contributed by atoms with Crippen LogP contribution in [-0.2, 0) is 4.79 Å². The first-order valence-electron chi connectivity index (χ1n) is 4.01. The van der Waals surface area contributed by atoms with E-state index in [9.17, 15) is 9.59 Å². The molecule has 0 unspecified atom stereocenters. The standard InChI is InChI=1S/C9H9BrO3S/c1-5-4-6(10)9(14-5)7(11)2-3-8(12)13/h4H,2-3H2,1H3,(H,12,13). The van der Waals surface area contributed by atoms with Gasteiger partial charge in [0.15, 0.2) is 5.78 Å². The van der Waals surface area contributed by atoms with Crippen LogP contribution < -0.4 is 0 Å². The molecule has 0 saturated carbocycles. The van der Waals surface area contributed by atoms with E-state index in [2.05, 4.69) is 15.9 Å². The summed E-state index contributed by atoms with van der Waals surface area (Å²) in [5, 5.41) is 8.42. The molecule has 0 aliphatic rings. The number of aliphatic carboxylic acids is 1. The Balaban J connectivity index is 2.69. The zero-order valence-electron chi connectivity index (χ0n) is 7.54. The smallest absolute Gasteiger partial charge is 0.303 e. The molecule has 3 nitrogen and oxygen atoms in total. The number of aryl methyl sites for hydroxylation is 1. The molecular formula is C9H9BrO3S. The van der Waals surface area contributed by atoms with E-state index >= 15 is 0 Å². The topological polar surface area (TPSA) is 54.4 Å². The molecule has 0 aliphatic heterocycles. The van der Waals surface area contributed by atoms with Gasteiger partial charge in [-0.15, -0.1) is 11.3 Å². The lowest BCUT2D eigenvalue weighted by Gasteiger charge is -1.95. The number of carbonyl (C=O) groups excluding carboxylic acids is 1. The summed E-state index contributed by atoms with van der Waals surface area (Å²) in [5.41, 5.74) is 0. The van der Waals surface area contributed by atoms with Crippen LogP contribution in [0.25, 0.3) is 0 Å². The molecule has 0 radical (unpaired) electrons. The van der Waals surface area contributed by atoms with E-state index < -0.39 is 5.97 Å². The minimum absolute atomic E-state index is 0.0634. The van der Waals surface area contributed by atoms with Crippen molar-refractivity contribution in [3.63, 3.8) is 0 Å². The molecule has 1 aromatic heterocycles. The quantitative estimate of drug-likeness (QED) is 0.861. The molecule has 0 spiro atoms. The Morgan fingerprint density at radius 1 is 1.50 bits per heavy atom. The summed E-state index contributed by atoms with van der Waals surface area (Å²) in [6.45, 7) is 1.91. The third-order valence-electron chi connectivity index (χ3n) is 1.63. The van der Waals surface area contributed by atoms with Gasteiger partial charge in [0.2, 0.25) is 0 Å². The zero-order chi connectivity index (χ0) is 10.7. The number of halogens is 1. The van der Waals surface area contributed by atoms with Crippen LogP contribution in [0.15, 0.2) is 10.5 Å². The third-order valence-corrected chi connectivity index (χ3v) is 3.61. The number of rotatable bonds is 4. The molecule has 76 valence electrons. The van der Waals surface area contributed by atoms with Gasteiger partial charge in [-0.3, -0.25) is 9.59 Å². The molecule has 14 heavy (non-hydrogen) atoms. The molecule has 0 fully saturated rings. The van der Waals surface area contributed by atoms with Crippen molar-refractivity contribution in [2.75, 3.05) is 0 Å². The Morgan fingerprint density at radius 3 is 2.57 bits per heavy atom. The van der Waals surface area contributed by atoms with Crippen LogP contribution in [0.4, 0.5) is 0 Å². The average molecular weight is 277 g/mol. The van der Waals surface area contributed by atoms with Crippen molar-refractivity contribution in [1.29, 1.82) is 0 Å². The Morgan fingerprint density at radius 2 is 2.14 bits per heavy atom. The van der Waals surface area contributed by atoms with Crippen molar-refractivity contribution in [2.24, 2.45) is 0 Å². The summed E-state index contributed by atoms with van der Waals surface area (Å²) in [4.78, 5) is 23.4. The van der Waals surface area contributed by atoms with Crippen molar-refractivity contribution in [1.82, 2.24) is 0 Å². The molecular weight excluding hydrogens is 268 g/mol. The monoisotopic (exact) mass is 276 g/mol. The lowest BCUT2D eigenvalue weighted by atomic mass is 10.2. The fourth-order valence-corrected chi connectivity index (χ4v) is 2.84. The van der Waals surface area contributed by atoms with Gasteiger partial charge in [-0.1, -0.05) is 0 Å². The number of carboxylic acids is 1. The highest BCUT2D eigenvalue weighted by Gasteiger charge is 2.14. The van der Waals surface area contributed by atoms with Crippen LogP contribution in [0.3, 0.4) is 0 Å². The number of Topliss-reactive ketones (excluding diaryl/α,β-unsaturated/α-hetero) is 1. The SMILES string of the molecule is Cc1cc(Br)c(C(=O)CCC(=O)O)s1. The van der Waals surface area contributed by atoms with Gasteiger partial charge in [-0.2, -0.15) is 0 Å². The second kappa shape index (κ2) is 4.70. The Bertz CT molecular complexity index is 370. The summed E-state index contributed by atoms with van der Waals surface area (Å²) in [6, 6.07) is 1.86. The Kier molecular flexibility index (Phi) is 3.83. The van der Waals surface area contributed by atoms with Gasteiger partial charge in [0.05, 0.1) is 11.3 Å². The van der Waals surface area contributed by atoms with Crippen molar-refractivity contribution < 1.29 is 14.7 Å². The molecule has 1 N–H and O–H groups in total. The van der Waals surface area contributed by atoms with E-state index in [1.807, 2.05) is 13.0 Å². The number of hydrogen-bond donors (Lipinski definition) is 1. The maximum absolute atomic E-state index is 11.5. The number of ketones is 1. The van der Waals surface area contributed by atoms with Crippen LogP contribution in [-0.4, -0.2) is 16.9 Å². The summed E-state index contributed by atoms with van der Waals surface area (Å²) in [7, 11) is 0. The van der Waals surface area contributed by atoms with Crippen molar-refractivity contribution in [2.45, 2.75) is 19.8 Å². The normalized spacial score (nSPS) is 10.1. The summed E-state index contributed by atoms with van der Waals surface area (Å²) in [5.74, 6) is -1.06. The molecule has 1 heterocycles. The Labute approximate surface area is 93.9 Å². The highest BCUT2D eigenvalue weighted by atomic mass is 79.9. The predicted molar refractivity (Wildman–Crippen MR) is 58.0 cm³/mol. The van der Waals surface area contributed by atoms with E-state index in [0.29, 0.717) is 4.88 Å². The lowest BCUT2D eigenvalue weighted by Crippen LogP contribution is -2.02. The van der Waals surface area contributed by atoms with E-state index in [4.69, 9.17) is 5.11 Å². The summed E-state index contributed by atoms with van der Waals surface area (Å²) in [6.07, 6.45) is -0.0455. The lowest BCUT2D eigenvalue weighted by molar-refractivity contribution is -0.136. The van der Waals surface area contributed by atoms with Gasteiger partial charge >= 0.3 is 5.97 Å². The minimum atomic E-state index is -0.942. The maximum Gasteiger partial charge on any atom is 0.303 e. The summed E-state index contributed by atoms with van der Waals surface area (Å²) < 4.78 is 0.760. The average Bonchev–Trinajstić information content (AvgIpc) is 2.41. The van der Waals surface area contributed by atoms with E-state index in [1.165, 1.54) is 11.3 Å². The van der Waals surface area contributed by atoms with Gasteiger partial charge in [-0.05, 0) is 28.9 Å². The first kappa shape index (κ1) is 11.4. The van der Waals surface area contributed by atoms with Gasteiger partial charge in [-0.25, -0.2) is 0 Å². The second-order valence-electron chi connectivity index (χ2n) is 2.85. The van der Waals surface area contributed by atoms with Gasteiger partial charge < -0.3 is 5.11 Å². The van der Waals surface area contributed by atoms with Crippen molar-refractivity contribution >= 4 is 39.0 Å². The minimum Gasteiger partial charge on any atom is -0.481 e. The van der Waals surface area contributed by atoms with Crippen molar-refractivity contribution in [3.8, 4) is 0 Å². The predicted octanol–water partition coefficient (Wildman–Crippen LogP) is 2.87. The molecule has 0 saturated heterocycles. The molecule has 0 bridgehead atoms. The van der Waals surface area contributed by atoms with Crippen LogP contribution in [0.2, 0.25) is 0 Å². The van der Waals surface area contributed by atoms with Gasteiger partial charge in [0.25, 0.3) is 0 Å². The molecule has 0 amide bonds. The van der Waals surface area contributed by atoms with Crippen LogP contribution in [0, 0.1) is 6.92 Å². The fraction of sp³-hybridized carbons (Fsp3) is 0.333. The van der Waals surface area contributed by atoms with E-state index in [0.717, 1.165) is 9.35 Å². The molecule has 1 rings (SSSR count). The van der Waals surface area contributed by atoms with Crippen LogP contribution in [0.5, 0.6) is 0 Å². The molecule has 0 aromatic carbocycles. The van der Waals surface area contributed by atoms with Gasteiger partial charge in [0, 0.05) is 15.8 Å². The zero-order valence-corrected chi connectivity index (χ0v) is 9.94. The van der Waals surface area contributed by atoms with Crippen LogP contribution >= 0.6 is 27.3 Å². The summed E-state index contributed by atoms with van der Waals surface area (Å²) >= 11 is 4.65. The number of carbonyl (C=O) groups is 2. The Hall–Kier alpha value is -0.680. The maximum atomic E-state index is 11.5. The third kappa shape index (κ3) is 2.92. The molecule has 0 aliphatic carbocycles. The van der Waals surface area contributed by atoms with Crippen molar-refractivity contribution in [3.05, 3.63) is 20.3 Å². The van der Waals surface area contributed by atoms with Crippen LogP contribution in [0.1, 0.15) is 27.4 Å². The van der Waals surface area contributed by atoms with Gasteiger partial charge in [0.1, 0.15) is 0 Å². The van der Waals surface area contributed by atoms with E-state index in [-0.39, 0.29) is 18.6 Å². The molecule has 0 atom stereocenters. The first-order chi connectivity index (χ1) is 6.50. The highest BCUT2D eigenvalue weighted by molar-refractivity contribution is 9.10. The fourth-order valence-electron chi connectivity index (χ4n) is 1.01. The number of thiophene rings is 1.